The Hall–Kier alpha value is -4.43. The van der Waals surface area contributed by atoms with Crippen LogP contribution in [-0.2, 0) is 14.3 Å². The number of esters is 2. The number of benzene rings is 3. The number of carbonyl (C=O) groups is 4. The van der Waals surface area contributed by atoms with Gasteiger partial charge in [0.1, 0.15) is 16.5 Å². The van der Waals surface area contributed by atoms with Crippen molar-refractivity contribution in [2.24, 2.45) is 0 Å². The van der Waals surface area contributed by atoms with E-state index in [9.17, 15) is 19.2 Å². The second-order valence-electron chi connectivity index (χ2n) is 8.21. The van der Waals surface area contributed by atoms with Gasteiger partial charge in [0.05, 0.1) is 23.4 Å². The van der Waals surface area contributed by atoms with Gasteiger partial charge < -0.3 is 14.8 Å². The van der Waals surface area contributed by atoms with Crippen LogP contribution in [-0.4, -0.2) is 30.4 Å². The molecule has 0 unspecified atom stereocenters. The average molecular weight is 519 g/mol. The molecule has 3 aromatic carbocycles. The molecule has 1 aliphatic heterocycles. The Morgan fingerprint density at radius 2 is 1.59 bits per heavy atom. The lowest BCUT2D eigenvalue weighted by Crippen LogP contribution is -2.33. The number of ether oxygens (including phenoxy) is 2. The van der Waals surface area contributed by atoms with Crippen molar-refractivity contribution in [2.75, 3.05) is 16.8 Å². The van der Waals surface area contributed by atoms with E-state index in [1.807, 2.05) is 19.9 Å². The maximum Gasteiger partial charge on any atom is 0.343 e. The minimum absolute atomic E-state index is 0.0587. The lowest BCUT2D eigenvalue weighted by Gasteiger charge is -2.18. The molecule has 2 amide bonds. The van der Waals surface area contributed by atoms with Crippen LogP contribution < -0.4 is 15.0 Å². The molecule has 1 aliphatic rings. The Bertz CT molecular complexity index is 1450. The summed E-state index contributed by atoms with van der Waals surface area (Å²) < 4.78 is 10.5. The molecule has 0 atom stereocenters. The molecular weight excluding hydrogens is 496 g/mol. The van der Waals surface area contributed by atoms with E-state index in [1.54, 1.807) is 43.3 Å². The average Bonchev–Trinajstić information content (AvgIpc) is 3.09. The van der Waals surface area contributed by atoms with Crippen molar-refractivity contribution in [3.63, 3.8) is 0 Å². The van der Waals surface area contributed by atoms with Crippen molar-refractivity contribution in [3.05, 3.63) is 99.7 Å². The van der Waals surface area contributed by atoms with Crippen LogP contribution in [0.5, 0.6) is 5.75 Å². The number of amides is 2. The zero-order chi connectivity index (χ0) is 26.7. The van der Waals surface area contributed by atoms with Crippen LogP contribution in [0.2, 0.25) is 0 Å². The highest BCUT2D eigenvalue weighted by atomic mass is 35.5. The summed E-state index contributed by atoms with van der Waals surface area (Å²) in [4.78, 5) is 51.7. The third kappa shape index (κ3) is 5.24. The number of hydrogen-bond donors (Lipinski definition) is 1. The van der Waals surface area contributed by atoms with Crippen molar-refractivity contribution in [1.29, 1.82) is 0 Å². The van der Waals surface area contributed by atoms with Gasteiger partial charge in [-0.05, 0) is 80.4 Å². The summed E-state index contributed by atoms with van der Waals surface area (Å²) in [5.41, 5.74) is 2.77. The summed E-state index contributed by atoms with van der Waals surface area (Å²) in [6.07, 6.45) is 0. The van der Waals surface area contributed by atoms with Crippen LogP contribution in [0.15, 0.2) is 77.5 Å². The molecule has 0 aliphatic carbocycles. The number of imide groups is 1. The number of para-hydroxylation sites is 1. The van der Waals surface area contributed by atoms with E-state index < -0.39 is 23.8 Å². The van der Waals surface area contributed by atoms with Crippen LogP contribution in [0.4, 0.5) is 11.4 Å². The fourth-order valence-corrected chi connectivity index (χ4v) is 3.87. The molecule has 0 radical (unpaired) electrons. The van der Waals surface area contributed by atoms with Crippen molar-refractivity contribution in [2.45, 2.75) is 20.8 Å². The fraction of sp³-hybridized carbons (Fsp3) is 0.143. The molecule has 0 saturated carbocycles. The van der Waals surface area contributed by atoms with Gasteiger partial charge in [-0.3, -0.25) is 9.59 Å². The number of halogens is 1. The van der Waals surface area contributed by atoms with Gasteiger partial charge in [0, 0.05) is 5.69 Å². The zero-order valence-electron chi connectivity index (χ0n) is 20.3. The van der Waals surface area contributed by atoms with Crippen LogP contribution in [0, 0.1) is 13.8 Å². The Morgan fingerprint density at radius 1 is 0.892 bits per heavy atom. The summed E-state index contributed by atoms with van der Waals surface area (Å²) in [6.45, 7) is 5.69. The third-order valence-electron chi connectivity index (χ3n) is 5.75. The van der Waals surface area contributed by atoms with Gasteiger partial charge in [-0.1, -0.05) is 29.8 Å². The van der Waals surface area contributed by atoms with Gasteiger partial charge in [0.25, 0.3) is 11.8 Å². The predicted octanol–water partition coefficient (Wildman–Crippen LogP) is 5.14. The van der Waals surface area contributed by atoms with Gasteiger partial charge in [-0.2, -0.15) is 0 Å². The van der Waals surface area contributed by atoms with Crippen LogP contribution >= 0.6 is 11.6 Å². The van der Waals surface area contributed by atoms with E-state index >= 15 is 0 Å². The molecule has 0 saturated heterocycles. The normalized spacial score (nSPS) is 13.1. The first-order chi connectivity index (χ1) is 17.7. The number of anilines is 2. The van der Waals surface area contributed by atoms with Gasteiger partial charge in [-0.25, -0.2) is 14.5 Å². The number of carbonyl (C=O) groups excluding carboxylic acids is 4. The first-order valence-corrected chi connectivity index (χ1v) is 11.8. The molecule has 0 spiro atoms. The van der Waals surface area contributed by atoms with Crippen molar-refractivity contribution >= 4 is 46.7 Å². The third-order valence-corrected chi connectivity index (χ3v) is 6.10. The first kappa shape index (κ1) is 25.7. The second kappa shape index (κ2) is 10.7. The molecule has 0 bridgehead atoms. The van der Waals surface area contributed by atoms with Crippen molar-refractivity contribution < 1.29 is 28.7 Å². The molecule has 0 aromatic heterocycles. The van der Waals surface area contributed by atoms with Crippen LogP contribution in [0.25, 0.3) is 0 Å². The van der Waals surface area contributed by atoms with Gasteiger partial charge in [0.2, 0.25) is 0 Å². The number of hydrogen-bond acceptors (Lipinski definition) is 7. The van der Waals surface area contributed by atoms with E-state index in [1.165, 1.54) is 24.3 Å². The summed E-state index contributed by atoms with van der Waals surface area (Å²) in [6, 6.07) is 17.7. The van der Waals surface area contributed by atoms with E-state index in [-0.39, 0.29) is 28.6 Å². The monoisotopic (exact) mass is 518 g/mol. The second-order valence-corrected chi connectivity index (χ2v) is 8.59. The molecule has 188 valence electrons. The lowest BCUT2D eigenvalue weighted by molar-refractivity contribution is -0.120. The minimum atomic E-state index is -0.778. The number of aryl methyl sites for hydroxylation is 2. The molecular formula is C28H23ClN2O6. The van der Waals surface area contributed by atoms with Crippen LogP contribution in [0.3, 0.4) is 0 Å². The highest BCUT2D eigenvalue weighted by Gasteiger charge is 2.40. The lowest BCUT2D eigenvalue weighted by atomic mass is 10.1. The highest BCUT2D eigenvalue weighted by molar-refractivity contribution is 6.53. The van der Waals surface area contributed by atoms with Crippen molar-refractivity contribution in [1.82, 2.24) is 0 Å². The SMILES string of the molecule is CCOC(=O)c1ccccc1N1C(=O)C(Cl)=C(Nc2ccc(C(=O)Oc3ccc(C)c(C)c3)cc2)C1=O. The van der Waals surface area contributed by atoms with Gasteiger partial charge >= 0.3 is 11.9 Å². The highest BCUT2D eigenvalue weighted by Crippen LogP contribution is 2.32. The number of rotatable bonds is 7. The molecule has 1 heterocycles. The van der Waals surface area contributed by atoms with Gasteiger partial charge in [0.15, 0.2) is 0 Å². The topological polar surface area (TPSA) is 102 Å². The van der Waals surface area contributed by atoms with E-state index in [0.717, 1.165) is 16.0 Å². The van der Waals surface area contributed by atoms with Gasteiger partial charge in [-0.15, -0.1) is 0 Å². The van der Waals surface area contributed by atoms with Crippen LogP contribution in [0.1, 0.15) is 38.8 Å². The largest absolute Gasteiger partial charge is 0.462 e. The standard InChI is InChI=1S/C28H23ClN2O6/c1-4-36-28(35)21-7-5-6-8-22(21)31-25(32)23(29)24(26(31)33)30-19-12-10-18(11-13-19)27(34)37-20-14-9-16(2)17(3)15-20/h5-15,30H,4H2,1-3H3. The Balaban J connectivity index is 1.51. The summed E-state index contributed by atoms with van der Waals surface area (Å²) in [7, 11) is 0. The fourth-order valence-electron chi connectivity index (χ4n) is 3.66. The number of nitrogens with zero attached hydrogens (tertiary/aromatic N) is 1. The Labute approximate surface area is 218 Å². The molecule has 8 nitrogen and oxygen atoms in total. The Kier molecular flexibility index (Phi) is 7.40. The first-order valence-electron chi connectivity index (χ1n) is 11.4. The maximum absolute atomic E-state index is 13.2. The number of nitrogens with one attached hydrogen (secondary N) is 1. The summed E-state index contributed by atoms with van der Waals surface area (Å²) >= 11 is 6.22. The Morgan fingerprint density at radius 3 is 2.27 bits per heavy atom. The zero-order valence-corrected chi connectivity index (χ0v) is 21.1. The quantitative estimate of drug-likeness (QED) is 0.262. The predicted molar refractivity (Wildman–Crippen MR) is 139 cm³/mol. The molecule has 0 fully saturated rings. The summed E-state index contributed by atoms with van der Waals surface area (Å²) in [5.74, 6) is -2.28. The molecule has 4 rings (SSSR count). The molecule has 3 aromatic rings. The summed E-state index contributed by atoms with van der Waals surface area (Å²) in [5, 5.41) is 2.51. The molecule has 37 heavy (non-hydrogen) atoms. The van der Waals surface area contributed by atoms with E-state index in [2.05, 4.69) is 5.32 Å². The van der Waals surface area contributed by atoms with Crippen molar-refractivity contribution in [3.8, 4) is 5.75 Å². The smallest absolute Gasteiger partial charge is 0.343 e. The van der Waals surface area contributed by atoms with E-state index in [4.69, 9.17) is 21.1 Å². The maximum atomic E-state index is 13.2. The molecule has 1 N–H and O–H groups in total. The minimum Gasteiger partial charge on any atom is -0.462 e. The van der Waals surface area contributed by atoms with E-state index in [0.29, 0.717) is 17.0 Å². The molecule has 9 heteroatoms.